The number of pyridine rings is 1. The Morgan fingerprint density at radius 1 is 1.40 bits per heavy atom. The summed E-state index contributed by atoms with van der Waals surface area (Å²) in [5, 5.41) is 0. The van der Waals surface area contributed by atoms with Crippen LogP contribution in [0.1, 0.15) is 12.1 Å². The maximum Gasteiger partial charge on any atom is 0.335 e. The molecule has 80 valence electrons. The Labute approximate surface area is 82.3 Å². The number of hydrogen-bond acceptors (Lipinski definition) is 1. The van der Waals surface area contributed by atoms with Crippen molar-refractivity contribution < 1.29 is 13.2 Å². The molecule has 2 heterocycles. The molecule has 2 aromatic heterocycles. The third-order valence-corrected chi connectivity index (χ3v) is 2.19. The van der Waals surface area contributed by atoms with Crippen LogP contribution in [0.2, 0.25) is 0 Å². The summed E-state index contributed by atoms with van der Waals surface area (Å²) in [6.45, 7) is -1.48. The van der Waals surface area contributed by atoms with Crippen molar-refractivity contribution in [3.63, 3.8) is 0 Å². The zero-order chi connectivity index (χ0) is 11.2. The van der Waals surface area contributed by atoms with Crippen LogP contribution >= 0.6 is 0 Å². The Balaban J connectivity index is 2.92. The molecule has 0 aliphatic carbocycles. The van der Waals surface area contributed by atoms with Crippen molar-refractivity contribution in [2.45, 2.75) is 13.5 Å². The minimum Gasteiger partial charge on any atom is -0.268 e. The van der Waals surface area contributed by atoms with E-state index in [2.05, 4.69) is 0 Å². The first-order valence-electron chi connectivity index (χ1n) is 4.19. The number of hydrogen-bond donors (Lipinski definition) is 0. The van der Waals surface area contributed by atoms with E-state index in [1.165, 1.54) is 19.2 Å². The predicted molar refractivity (Wildman–Crippen MR) is 47.6 cm³/mol. The molecule has 3 nitrogen and oxygen atoms in total. The van der Waals surface area contributed by atoms with Crippen LogP contribution in [0.5, 0.6) is 0 Å². The summed E-state index contributed by atoms with van der Waals surface area (Å²) in [5.41, 5.74) is -0.754. The Kier molecular flexibility index (Phi) is 2.06. The van der Waals surface area contributed by atoms with Gasteiger partial charge in [-0.1, -0.05) is 0 Å². The first-order chi connectivity index (χ1) is 7.02. The van der Waals surface area contributed by atoms with Crippen molar-refractivity contribution in [1.82, 2.24) is 9.20 Å². The van der Waals surface area contributed by atoms with Crippen LogP contribution in [0.25, 0.3) is 5.52 Å². The molecule has 0 radical (unpaired) electrons. The summed E-state index contributed by atoms with van der Waals surface area (Å²) >= 11 is 0. The van der Waals surface area contributed by atoms with Gasteiger partial charge in [-0.15, -0.1) is 0 Å². The molecule has 0 aliphatic heterocycles. The first-order valence-corrected chi connectivity index (χ1v) is 4.19. The van der Waals surface area contributed by atoms with Crippen LogP contribution < -0.4 is 5.56 Å². The van der Waals surface area contributed by atoms with Gasteiger partial charge in [0.1, 0.15) is 5.52 Å². The van der Waals surface area contributed by atoms with Crippen LogP contribution in [-0.2, 0) is 0 Å². The van der Waals surface area contributed by atoms with Gasteiger partial charge in [0.25, 0.3) is 5.56 Å². The number of aromatic nitrogens is 2. The average Bonchev–Trinajstić information content (AvgIpc) is 2.49. The highest BCUT2D eigenvalue weighted by Crippen LogP contribution is 2.15. The third kappa shape index (κ3) is 1.33. The van der Waals surface area contributed by atoms with Gasteiger partial charge in [-0.2, -0.15) is 13.5 Å². The summed E-state index contributed by atoms with van der Waals surface area (Å²) in [5.74, 6) is -0.658. The van der Waals surface area contributed by atoms with Crippen molar-refractivity contribution in [3.8, 4) is 0 Å². The normalized spacial score (nSPS) is 11.5. The van der Waals surface area contributed by atoms with Crippen molar-refractivity contribution >= 4 is 5.52 Å². The second-order valence-electron chi connectivity index (χ2n) is 3.15. The lowest BCUT2D eigenvalue weighted by Crippen LogP contribution is -2.19. The van der Waals surface area contributed by atoms with E-state index in [1.54, 1.807) is 0 Å². The van der Waals surface area contributed by atoms with Gasteiger partial charge in [-0.25, -0.2) is 4.39 Å². The monoisotopic (exact) mass is 216 g/mol. The van der Waals surface area contributed by atoms with E-state index >= 15 is 0 Å². The van der Waals surface area contributed by atoms with Gasteiger partial charge >= 0.3 is 6.55 Å². The molecular weight excluding hydrogens is 209 g/mol. The zero-order valence-corrected chi connectivity index (χ0v) is 7.75. The molecule has 0 spiro atoms. The maximum atomic E-state index is 13.4. The molecule has 2 aromatic rings. The van der Waals surface area contributed by atoms with Crippen molar-refractivity contribution in [3.05, 3.63) is 40.1 Å². The standard InChI is InChI=1S/C9H7F3N2O/c1-5-2-3-13-6(8(5)10)4-7(15)14(13)9(11)12/h2-4,9H,1H3. The fourth-order valence-electron chi connectivity index (χ4n) is 1.44. The van der Waals surface area contributed by atoms with E-state index in [0.29, 0.717) is 5.56 Å². The summed E-state index contributed by atoms with van der Waals surface area (Å²) in [7, 11) is 0. The van der Waals surface area contributed by atoms with E-state index in [0.717, 1.165) is 10.6 Å². The molecule has 6 heteroatoms. The molecule has 0 fully saturated rings. The highest BCUT2D eigenvalue weighted by Gasteiger charge is 2.16. The summed E-state index contributed by atoms with van der Waals surface area (Å²) < 4.78 is 39.3. The average molecular weight is 216 g/mol. The second-order valence-corrected chi connectivity index (χ2v) is 3.15. The fourth-order valence-corrected chi connectivity index (χ4v) is 1.44. The molecule has 0 saturated heterocycles. The number of nitrogens with zero attached hydrogens (tertiary/aromatic N) is 2. The van der Waals surface area contributed by atoms with Crippen LogP contribution in [0, 0.1) is 12.7 Å². The highest BCUT2D eigenvalue weighted by atomic mass is 19.3. The smallest absolute Gasteiger partial charge is 0.268 e. The number of alkyl halides is 2. The van der Waals surface area contributed by atoms with Crippen molar-refractivity contribution in [2.75, 3.05) is 0 Å². The molecule has 0 unspecified atom stereocenters. The van der Waals surface area contributed by atoms with Crippen LogP contribution in [0.4, 0.5) is 13.2 Å². The molecule has 0 N–H and O–H groups in total. The van der Waals surface area contributed by atoms with Crippen LogP contribution in [0.3, 0.4) is 0 Å². The zero-order valence-electron chi connectivity index (χ0n) is 7.75. The number of rotatable bonds is 1. The summed E-state index contributed by atoms with van der Waals surface area (Å²) in [4.78, 5) is 11.1. The molecule has 0 bridgehead atoms. The van der Waals surface area contributed by atoms with Gasteiger partial charge in [-0.05, 0) is 18.6 Å². The van der Waals surface area contributed by atoms with Gasteiger partial charge in [0.15, 0.2) is 5.82 Å². The number of fused-ring (bicyclic) bond motifs is 1. The Bertz CT molecular complexity index is 570. The molecule has 0 aliphatic rings. The summed E-state index contributed by atoms with van der Waals surface area (Å²) in [6.07, 6.45) is 1.24. The Hall–Kier alpha value is -1.72. The highest BCUT2D eigenvalue weighted by molar-refractivity contribution is 5.49. The Morgan fingerprint density at radius 3 is 2.67 bits per heavy atom. The lowest BCUT2D eigenvalue weighted by molar-refractivity contribution is 0.0487. The lowest BCUT2D eigenvalue weighted by Gasteiger charge is -2.05. The van der Waals surface area contributed by atoms with E-state index in [4.69, 9.17) is 0 Å². The molecular formula is C9H7F3N2O. The van der Waals surface area contributed by atoms with E-state index in [1.807, 2.05) is 0 Å². The lowest BCUT2D eigenvalue weighted by atomic mass is 10.2. The molecule has 0 saturated carbocycles. The van der Waals surface area contributed by atoms with Crippen molar-refractivity contribution in [2.24, 2.45) is 0 Å². The SMILES string of the molecule is Cc1ccn2c(cc(=O)n2C(F)F)c1F. The summed E-state index contributed by atoms with van der Waals surface area (Å²) in [6, 6.07) is 2.19. The first kappa shape index (κ1) is 9.82. The minimum absolute atomic E-state index is 0.139. The molecule has 2 rings (SSSR count). The topological polar surface area (TPSA) is 26.4 Å². The van der Waals surface area contributed by atoms with Gasteiger partial charge < -0.3 is 0 Å². The van der Waals surface area contributed by atoms with Gasteiger partial charge in [-0.3, -0.25) is 9.31 Å². The maximum absolute atomic E-state index is 13.4. The second kappa shape index (κ2) is 3.15. The molecule has 0 aromatic carbocycles. The Morgan fingerprint density at radius 2 is 2.07 bits per heavy atom. The minimum atomic E-state index is -2.98. The van der Waals surface area contributed by atoms with Crippen molar-refractivity contribution in [1.29, 1.82) is 0 Å². The number of halogens is 3. The van der Waals surface area contributed by atoms with E-state index in [-0.39, 0.29) is 10.2 Å². The van der Waals surface area contributed by atoms with Gasteiger partial charge in [0.2, 0.25) is 0 Å². The molecule has 0 atom stereocenters. The number of aryl methyl sites for hydroxylation is 1. The van der Waals surface area contributed by atoms with Crippen LogP contribution in [0.15, 0.2) is 23.1 Å². The largest absolute Gasteiger partial charge is 0.335 e. The fraction of sp³-hybridized carbons (Fsp3) is 0.222. The van der Waals surface area contributed by atoms with Gasteiger partial charge in [0.05, 0.1) is 0 Å². The third-order valence-electron chi connectivity index (χ3n) is 2.19. The van der Waals surface area contributed by atoms with Gasteiger partial charge in [0, 0.05) is 12.3 Å². The van der Waals surface area contributed by atoms with Crippen LogP contribution in [-0.4, -0.2) is 9.20 Å². The van der Waals surface area contributed by atoms with E-state index in [9.17, 15) is 18.0 Å². The predicted octanol–water partition coefficient (Wildman–Crippen LogP) is 1.94. The van der Waals surface area contributed by atoms with E-state index < -0.39 is 17.9 Å². The molecule has 0 amide bonds. The quantitative estimate of drug-likeness (QED) is 0.715. The molecule has 15 heavy (non-hydrogen) atoms.